The van der Waals surface area contributed by atoms with Crippen LogP contribution in [0.25, 0.3) is 10.1 Å². The molecule has 0 unspecified atom stereocenters. The summed E-state index contributed by atoms with van der Waals surface area (Å²) >= 11 is 3.19. The van der Waals surface area contributed by atoms with Gasteiger partial charge in [-0.05, 0) is 52.2 Å². The monoisotopic (exact) mass is 573 g/mol. The number of hydrogen-bond donors (Lipinski definition) is 3. The maximum atomic E-state index is 14.4. The summed E-state index contributed by atoms with van der Waals surface area (Å²) in [4.78, 5) is 28.8. The van der Waals surface area contributed by atoms with Crippen LogP contribution in [-0.4, -0.2) is 15.7 Å². The van der Waals surface area contributed by atoms with Gasteiger partial charge in [-0.25, -0.2) is 0 Å². The van der Waals surface area contributed by atoms with E-state index in [1.165, 1.54) is 19.1 Å². The number of carbonyl (C=O) groups is 1. The zero-order chi connectivity index (χ0) is 24.9. The summed E-state index contributed by atoms with van der Waals surface area (Å²) < 4.78 is 84.7. The summed E-state index contributed by atoms with van der Waals surface area (Å²) in [5.41, 5.74) is -0.199. The minimum absolute atomic E-state index is 0.00383. The molecule has 3 aromatic rings. The molecule has 14 heteroatoms. The van der Waals surface area contributed by atoms with Crippen LogP contribution in [0, 0.1) is 6.92 Å². The lowest BCUT2D eigenvalue weighted by Crippen LogP contribution is -2.12. The van der Waals surface area contributed by atoms with Crippen LogP contribution >= 0.6 is 34.9 Å². The topological polar surface area (TPSA) is 110 Å². The normalized spacial score (nSPS) is 12.9. The Kier molecular flexibility index (Phi) is 6.68. The number of carbonyl (C=O) groups excluding carboxylic acids is 1. The van der Waals surface area contributed by atoms with Gasteiger partial charge in [0, 0.05) is 15.4 Å². The Hall–Kier alpha value is -2.05. The Morgan fingerprint density at radius 3 is 2.36 bits per heavy atom. The predicted molar refractivity (Wildman–Crippen MR) is 114 cm³/mol. The molecule has 0 fully saturated rings. The number of hydrogen-bond acceptors (Lipinski definition) is 4. The van der Waals surface area contributed by atoms with E-state index in [1.807, 2.05) is 0 Å². The van der Waals surface area contributed by atoms with Crippen molar-refractivity contribution in [2.45, 2.75) is 25.4 Å². The number of amides is 1. The van der Waals surface area contributed by atoms with Crippen molar-refractivity contribution in [1.82, 2.24) is 0 Å². The lowest BCUT2D eigenvalue weighted by Gasteiger charge is -2.16. The van der Waals surface area contributed by atoms with E-state index in [2.05, 4.69) is 15.9 Å². The second-order valence-electron chi connectivity index (χ2n) is 6.98. The lowest BCUT2D eigenvalue weighted by molar-refractivity contribution is -0.138. The van der Waals surface area contributed by atoms with Crippen LogP contribution in [0.15, 0.2) is 34.8 Å². The standard InChI is InChI=1S/C19H14BrF5NO5PS/c1-8-2-3-9(4-12(8)18(21,22)23)7-31-13-6-10(17(26)27)5-11-14(20)16(33-15(11)13)19(24,25)32(28,29)30/h2-6H,7H2,1H3,(H2,26,27)(H2,28,29,30). The van der Waals surface area contributed by atoms with Crippen LogP contribution in [0.5, 0.6) is 5.75 Å². The molecule has 4 N–H and O–H groups in total. The minimum Gasteiger partial charge on any atom is -0.487 e. The Bertz CT molecular complexity index is 1300. The average Bonchev–Trinajstić information content (AvgIpc) is 3.02. The van der Waals surface area contributed by atoms with Crippen molar-refractivity contribution in [2.24, 2.45) is 5.73 Å². The fraction of sp³-hybridized carbons (Fsp3) is 0.211. The number of benzene rings is 2. The molecule has 0 aliphatic carbocycles. The Labute approximate surface area is 195 Å². The van der Waals surface area contributed by atoms with Gasteiger partial charge in [-0.2, -0.15) is 22.0 Å². The summed E-state index contributed by atoms with van der Waals surface area (Å²) in [6, 6.07) is 5.76. The van der Waals surface area contributed by atoms with Gasteiger partial charge in [0.1, 0.15) is 17.2 Å². The summed E-state index contributed by atoms with van der Waals surface area (Å²) in [7, 11) is -5.90. The maximum Gasteiger partial charge on any atom is 0.416 e. The molecule has 0 saturated carbocycles. The van der Waals surface area contributed by atoms with Crippen LogP contribution < -0.4 is 10.5 Å². The smallest absolute Gasteiger partial charge is 0.416 e. The molecule has 0 bridgehead atoms. The highest BCUT2D eigenvalue weighted by Crippen LogP contribution is 2.63. The van der Waals surface area contributed by atoms with Crippen LogP contribution in [0.3, 0.4) is 0 Å². The van der Waals surface area contributed by atoms with E-state index < -0.39 is 42.4 Å². The summed E-state index contributed by atoms with van der Waals surface area (Å²) in [5.74, 6) is -1.12. The zero-order valence-corrected chi connectivity index (χ0v) is 19.7. The highest BCUT2D eigenvalue weighted by molar-refractivity contribution is 9.10. The van der Waals surface area contributed by atoms with Crippen LogP contribution in [0.1, 0.15) is 31.9 Å². The maximum absolute atomic E-state index is 14.4. The number of halogens is 6. The molecule has 0 radical (unpaired) electrons. The molecule has 2 aromatic carbocycles. The van der Waals surface area contributed by atoms with E-state index in [9.17, 15) is 31.3 Å². The van der Waals surface area contributed by atoms with Crippen molar-refractivity contribution in [2.75, 3.05) is 0 Å². The fourth-order valence-corrected chi connectivity index (χ4v) is 5.92. The molecular formula is C19H14BrF5NO5PS. The van der Waals surface area contributed by atoms with Crippen molar-refractivity contribution in [3.63, 3.8) is 0 Å². The highest BCUT2D eigenvalue weighted by atomic mass is 79.9. The lowest BCUT2D eigenvalue weighted by atomic mass is 10.0. The second kappa shape index (κ2) is 8.62. The molecule has 6 nitrogen and oxygen atoms in total. The largest absolute Gasteiger partial charge is 0.487 e. The van der Waals surface area contributed by atoms with Crippen LogP contribution in [-0.2, 0) is 23.0 Å². The second-order valence-corrected chi connectivity index (χ2v) is 10.4. The molecule has 1 aromatic heterocycles. The van der Waals surface area contributed by atoms with E-state index in [0.717, 1.165) is 18.2 Å². The third-order valence-electron chi connectivity index (χ3n) is 4.62. The molecule has 0 atom stereocenters. The van der Waals surface area contributed by atoms with Crippen molar-refractivity contribution in [1.29, 1.82) is 0 Å². The Balaban J connectivity index is 2.10. The van der Waals surface area contributed by atoms with Gasteiger partial charge in [0.15, 0.2) is 0 Å². The fourth-order valence-electron chi connectivity index (χ4n) is 2.94. The van der Waals surface area contributed by atoms with Crippen molar-refractivity contribution in [3.8, 4) is 5.75 Å². The molecule has 0 saturated heterocycles. The number of fused-ring (bicyclic) bond motifs is 1. The molecule has 3 rings (SSSR count). The van der Waals surface area contributed by atoms with Crippen LogP contribution in [0.2, 0.25) is 0 Å². The Morgan fingerprint density at radius 2 is 1.82 bits per heavy atom. The third kappa shape index (κ3) is 4.92. The number of aryl methyl sites for hydroxylation is 1. The zero-order valence-electron chi connectivity index (χ0n) is 16.4. The van der Waals surface area contributed by atoms with Gasteiger partial charge in [-0.1, -0.05) is 12.1 Å². The predicted octanol–water partition coefficient (Wildman–Crippen LogP) is 5.90. The van der Waals surface area contributed by atoms with Gasteiger partial charge in [-0.15, -0.1) is 11.3 Å². The van der Waals surface area contributed by atoms with Gasteiger partial charge in [-0.3, -0.25) is 9.36 Å². The van der Waals surface area contributed by atoms with E-state index in [1.54, 1.807) is 0 Å². The van der Waals surface area contributed by atoms with Gasteiger partial charge in [0.25, 0.3) is 0 Å². The first-order chi connectivity index (χ1) is 15.0. The van der Waals surface area contributed by atoms with E-state index >= 15 is 0 Å². The molecule has 0 spiro atoms. The molecule has 178 valence electrons. The molecule has 1 heterocycles. The van der Waals surface area contributed by atoms with Gasteiger partial charge < -0.3 is 20.3 Å². The van der Waals surface area contributed by atoms with Gasteiger partial charge in [0.2, 0.25) is 5.91 Å². The number of rotatable bonds is 6. The van der Waals surface area contributed by atoms with E-state index in [-0.39, 0.29) is 37.0 Å². The van der Waals surface area contributed by atoms with E-state index in [0.29, 0.717) is 11.3 Å². The number of primary amides is 1. The summed E-state index contributed by atoms with van der Waals surface area (Å²) in [6.07, 6.45) is -4.60. The van der Waals surface area contributed by atoms with Crippen molar-refractivity contribution in [3.05, 3.63) is 61.9 Å². The first-order valence-corrected chi connectivity index (χ1v) is 12.1. The van der Waals surface area contributed by atoms with Gasteiger partial charge in [0.05, 0.1) is 10.3 Å². The van der Waals surface area contributed by atoms with Crippen LogP contribution in [0.4, 0.5) is 22.0 Å². The number of ether oxygens (including phenoxy) is 1. The average molecular weight is 574 g/mol. The highest BCUT2D eigenvalue weighted by Gasteiger charge is 2.53. The quantitative estimate of drug-likeness (QED) is 0.251. The molecule has 33 heavy (non-hydrogen) atoms. The van der Waals surface area contributed by atoms with Crippen molar-refractivity contribution < 1.29 is 45.8 Å². The van der Waals surface area contributed by atoms with E-state index in [4.69, 9.17) is 20.3 Å². The third-order valence-corrected chi connectivity index (χ3v) is 8.10. The first kappa shape index (κ1) is 25.6. The first-order valence-electron chi connectivity index (χ1n) is 8.83. The minimum atomic E-state index is -5.90. The number of nitrogens with two attached hydrogens (primary N) is 1. The molecule has 1 amide bonds. The van der Waals surface area contributed by atoms with Crippen molar-refractivity contribution >= 4 is 50.9 Å². The molecule has 0 aliphatic rings. The molecule has 0 aliphatic heterocycles. The summed E-state index contributed by atoms with van der Waals surface area (Å²) in [6.45, 7) is 0.875. The van der Waals surface area contributed by atoms with Gasteiger partial charge >= 0.3 is 19.4 Å². The Morgan fingerprint density at radius 1 is 1.18 bits per heavy atom. The SMILES string of the molecule is Cc1ccc(COc2cc(C(N)=O)cc3c(Br)c(C(F)(F)P(=O)(O)O)sc23)cc1C(F)(F)F. The number of alkyl halides is 5. The molecular weight excluding hydrogens is 560 g/mol. The number of thiophene rings is 1. The summed E-state index contributed by atoms with van der Waals surface area (Å²) in [5, 5.41) is -0.0330.